The zero-order chi connectivity index (χ0) is 11.1. The number of rotatable bonds is 3. The van der Waals surface area contributed by atoms with E-state index in [0.29, 0.717) is 17.2 Å². The predicted octanol–water partition coefficient (Wildman–Crippen LogP) is 0.902. The highest BCUT2D eigenvalue weighted by Gasteiger charge is 2.27. The highest BCUT2D eigenvalue weighted by atomic mass is 16.6. The maximum atomic E-state index is 11.4. The number of carbonyl (C=O) groups excluding carboxylic acids is 2. The number of aryl methyl sites for hydroxylation is 1. The molecule has 4 nitrogen and oxygen atoms in total. The number of hydrogen-bond acceptors (Lipinski definition) is 3. The average molecular weight is 217 g/mol. The first-order valence-electron chi connectivity index (χ1n) is 5.34. The molecule has 1 aromatic rings. The van der Waals surface area contributed by atoms with E-state index in [1.54, 1.807) is 12.1 Å². The second-order valence-corrected chi connectivity index (χ2v) is 4.16. The summed E-state index contributed by atoms with van der Waals surface area (Å²) in [6.45, 7) is 0.851. The van der Waals surface area contributed by atoms with Crippen LogP contribution in [0.25, 0.3) is 0 Å². The van der Waals surface area contributed by atoms with Gasteiger partial charge in [0, 0.05) is 0 Å². The van der Waals surface area contributed by atoms with Gasteiger partial charge in [-0.25, -0.2) is 0 Å². The van der Waals surface area contributed by atoms with Crippen LogP contribution in [-0.4, -0.2) is 24.5 Å². The van der Waals surface area contributed by atoms with Crippen LogP contribution in [0.2, 0.25) is 0 Å². The lowest BCUT2D eigenvalue weighted by Crippen LogP contribution is -2.19. The molecule has 1 aromatic carbocycles. The number of hydrogen-bond donors (Lipinski definition) is 1. The third-order valence-electron chi connectivity index (χ3n) is 2.96. The van der Waals surface area contributed by atoms with E-state index in [4.69, 9.17) is 4.74 Å². The van der Waals surface area contributed by atoms with Crippen molar-refractivity contribution >= 4 is 11.8 Å². The van der Waals surface area contributed by atoms with Crippen molar-refractivity contribution in [3.8, 4) is 0 Å². The SMILES string of the molecule is O=C1NC(=O)c2cc(CCC3CO3)ccc21. The van der Waals surface area contributed by atoms with Crippen LogP contribution in [0.4, 0.5) is 0 Å². The van der Waals surface area contributed by atoms with Crippen LogP contribution in [0.15, 0.2) is 18.2 Å². The Labute approximate surface area is 92.6 Å². The lowest BCUT2D eigenvalue weighted by molar-refractivity contribution is 0.0879. The van der Waals surface area contributed by atoms with Crippen LogP contribution in [0.5, 0.6) is 0 Å². The van der Waals surface area contributed by atoms with E-state index in [0.717, 1.165) is 25.0 Å². The van der Waals surface area contributed by atoms with E-state index in [2.05, 4.69) is 5.32 Å². The molecule has 82 valence electrons. The smallest absolute Gasteiger partial charge is 0.258 e. The van der Waals surface area contributed by atoms with Crippen molar-refractivity contribution in [3.05, 3.63) is 34.9 Å². The Morgan fingerprint density at radius 1 is 1.25 bits per heavy atom. The maximum Gasteiger partial charge on any atom is 0.258 e. The average Bonchev–Trinajstić information content (AvgIpc) is 3.05. The molecule has 16 heavy (non-hydrogen) atoms. The van der Waals surface area contributed by atoms with Crippen LogP contribution in [-0.2, 0) is 11.2 Å². The minimum absolute atomic E-state index is 0.287. The fourth-order valence-electron chi connectivity index (χ4n) is 1.93. The van der Waals surface area contributed by atoms with E-state index in [-0.39, 0.29) is 11.8 Å². The highest BCUT2D eigenvalue weighted by Crippen LogP contribution is 2.21. The molecular formula is C12H11NO3. The van der Waals surface area contributed by atoms with Crippen LogP contribution < -0.4 is 5.32 Å². The topological polar surface area (TPSA) is 58.7 Å². The van der Waals surface area contributed by atoms with Gasteiger partial charge in [-0.1, -0.05) is 6.07 Å². The maximum absolute atomic E-state index is 11.4. The van der Waals surface area contributed by atoms with E-state index >= 15 is 0 Å². The molecule has 0 saturated carbocycles. The fraction of sp³-hybridized carbons (Fsp3) is 0.333. The molecular weight excluding hydrogens is 206 g/mol. The molecule has 0 aliphatic carbocycles. The van der Waals surface area contributed by atoms with Crippen molar-refractivity contribution in [2.75, 3.05) is 6.61 Å². The summed E-state index contributed by atoms with van der Waals surface area (Å²) in [5.41, 5.74) is 2.06. The molecule has 2 amide bonds. The molecule has 2 aliphatic heterocycles. The van der Waals surface area contributed by atoms with Gasteiger partial charge in [0.2, 0.25) is 0 Å². The Hall–Kier alpha value is -1.68. The zero-order valence-electron chi connectivity index (χ0n) is 8.66. The normalized spacial score (nSPS) is 21.9. The molecule has 3 rings (SSSR count). The molecule has 1 atom stereocenters. The number of imide groups is 1. The van der Waals surface area contributed by atoms with Gasteiger partial charge < -0.3 is 4.74 Å². The Balaban J connectivity index is 1.83. The van der Waals surface area contributed by atoms with Gasteiger partial charge in [-0.3, -0.25) is 14.9 Å². The largest absolute Gasteiger partial charge is 0.373 e. The predicted molar refractivity (Wildman–Crippen MR) is 56.3 cm³/mol. The van der Waals surface area contributed by atoms with Crippen molar-refractivity contribution in [1.29, 1.82) is 0 Å². The number of ether oxygens (including phenoxy) is 1. The van der Waals surface area contributed by atoms with Crippen LogP contribution in [0.1, 0.15) is 32.7 Å². The molecule has 1 fully saturated rings. The van der Waals surface area contributed by atoms with Gasteiger partial charge in [-0.05, 0) is 30.5 Å². The van der Waals surface area contributed by atoms with E-state index in [1.165, 1.54) is 0 Å². The second-order valence-electron chi connectivity index (χ2n) is 4.16. The Morgan fingerprint density at radius 2 is 2.00 bits per heavy atom. The van der Waals surface area contributed by atoms with E-state index in [9.17, 15) is 9.59 Å². The van der Waals surface area contributed by atoms with Gasteiger partial charge in [0.15, 0.2) is 0 Å². The molecule has 0 spiro atoms. The van der Waals surface area contributed by atoms with E-state index in [1.807, 2.05) is 6.07 Å². The third kappa shape index (κ3) is 1.61. The van der Waals surface area contributed by atoms with Gasteiger partial charge in [-0.15, -0.1) is 0 Å². The zero-order valence-corrected chi connectivity index (χ0v) is 8.66. The molecule has 1 unspecified atom stereocenters. The summed E-state index contributed by atoms with van der Waals surface area (Å²) in [5, 5.41) is 2.28. The first-order chi connectivity index (χ1) is 7.74. The number of epoxide rings is 1. The number of benzene rings is 1. The summed E-state index contributed by atoms with van der Waals surface area (Å²) in [6.07, 6.45) is 2.26. The van der Waals surface area contributed by atoms with Gasteiger partial charge in [0.25, 0.3) is 11.8 Å². The van der Waals surface area contributed by atoms with Gasteiger partial charge in [-0.2, -0.15) is 0 Å². The molecule has 2 heterocycles. The van der Waals surface area contributed by atoms with Gasteiger partial charge in [0.05, 0.1) is 23.8 Å². The standard InChI is InChI=1S/C12H11NO3/c14-11-9-4-2-7(1-3-8-6-16-8)5-10(9)12(15)13-11/h2,4-5,8H,1,3,6H2,(H,13,14,15). The quantitative estimate of drug-likeness (QED) is 0.604. The van der Waals surface area contributed by atoms with Crippen molar-refractivity contribution < 1.29 is 14.3 Å². The second kappa shape index (κ2) is 3.42. The first-order valence-corrected chi connectivity index (χ1v) is 5.34. The number of nitrogens with one attached hydrogen (secondary N) is 1. The first kappa shape index (κ1) is 9.54. The van der Waals surface area contributed by atoms with Crippen LogP contribution in [0, 0.1) is 0 Å². The van der Waals surface area contributed by atoms with Crippen molar-refractivity contribution in [1.82, 2.24) is 5.32 Å². The van der Waals surface area contributed by atoms with E-state index < -0.39 is 0 Å². The highest BCUT2D eigenvalue weighted by molar-refractivity contribution is 6.21. The fourth-order valence-corrected chi connectivity index (χ4v) is 1.93. The number of fused-ring (bicyclic) bond motifs is 1. The van der Waals surface area contributed by atoms with Gasteiger partial charge >= 0.3 is 0 Å². The third-order valence-corrected chi connectivity index (χ3v) is 2.96. The Bertz CT molecular complexity index is 477. The van der Waals surface area contributed by atoms with Crippen molar-refractivity contribution in [2.45, 2.75) is 18.9 Å². The minimum Gasteiger partial charge on any atom is -0.373 e. The summed E-state index contributed by atoms with van der Waals surface area (Å²) in [4.78, 5) is 22.7. The summed E-state index contributed by atoms with van der Waals surface area (Å²) < 4.78 is 5.13. The minimum atomic E-state index is -0.294. The van der Waals surface area contributed by atoms with Crippen molar-refractivity contribution in [2.24, 2.45) is 0 Å². The van der Waals surface area contributed by atoms with Crippen LogP contribution in [0.3, 0.4) is 0 Å². The lowest BCUT2D eigenvalue weighted by Gasteiger charge is -2.01. The van der Waals surface area contributed by atoms with Gasteiger partial charge in [0.1, 0.15) is 0 Å². The lowest BCUT2D eigenvalue weighted by atomic mass is 10.0. The molecule has 0 bridgehead atoms. The summed E-state index contributed by atoms with van der Waals surface area (Å²) >= 11 is 0. The van der Waals surface area contributed by atoms with Crippen LogP contribution >= 0.6 is 0 Å². The molecule has 4 heteroatoms. The summed E-state index contributed by atoms with van der Waals surface area (Å²) in [5.74, 6) is -0.582. The molecule has 0 radical (unpaired) electrons. The summed E-state index contributed by atoms with van der Waals surface area (Å²) in [7, 11) is 0. The molecule has 1 saturated heterocycles. The molecule has 2 aliphatic rings. The number of carbonyl (C=O) groups is 2. The Kier molecular flexibility index (Phi) is 2.04. The Morgan fingerprint density at radius 3 is 2.75 bits per heavy atom. The summed E-state index contributed by atoms with van der Waals surface area (Å²) in [6, 6.07) is 5.43. The monoisotopic (exact) mass is 217 g/mol. The molecule has 0 aromatic heterocycles. The van der Waals surface area contributed by atoms with Crippen molar-refractivity contribution in [3.63, 3.8) is 0 Å². The number of amides is 2. The molecule has 1 N–H and O–H groups in total.